The first kappa shape index (κ1) is 14.7. The molecule has 18 heavy (non-hydrogen) atoms. The molecule has 1 aromatic rings. The summed E-state index contributed by atoms with van der Waals surface area (Å²) >= 11 is 0. The Kier molecular flexibility index (Phi) is 4.91. The van der Waals surface area contributed by atoms with Gasteiger partial charge in [-0.3, -0.25) is 9.69 Å². The average Bonchev–Trinajstić information content (AvgIpc) is 2.27. The van der Waals surface area contributed by atoms with Crippen LogP contribution in [-0.2, 0) is 4.79 Å². The van der Waals surface area contributed by atoms with Crippen LogP contribution in [0.15, 0.2) is 18.2 Å². The fraction of sp³-hybridized carbons (Fsp3) is 0.533. The SMILES string of the molecule is COc1ccc(C(C(C)=O)N(C)C)cc1C(C)C. The Labute approximate surface area is 110 Å². The Bertz CT molecular complexity index is 425. The number of nitrogens with zero attached hydrogens (tertiary/aromatic N) is 1. The van der Waals surface area contributed by atoms with E-state index in [1.807, 2.05) is 31.1 Å². The molecule has 3 heteroatoms. The van der Waals surface area contributed by atoms with Crippen LogP contribution in [0.4, 0.5) is 0 Å². The number of Topliss-reactive ketones (excluding diaryl/α,β-unsaturated/α-hetero) is 1. The average molecular weight is 249 g/mol. The van der Waals surface area contributed by atoms with Crippen LogP contribution in [0.2, 0.25) is 0 Å². The van der Waals surface area contributed by atoms with E-state index in [-0.39, 0.29) is 11.8 Å². The Morgan fingerprint density at radius 1 is 1.28 bits per heavy atom. The van der Waals surface area contributed by atoms with Gasteiger partial charge in [-0.2, -0.15) is 0 Å². The zero-order valence-electron chi connectivity index (χ0n) is 12.2. The summed E-state index contributed by atoms with van der Waals surface area (Å²) in [6.45, 7) is 5.88. The summed E-state index contributed by atoms with van der Waals surface area (Å²) in [5, 5.41) is 0. The van der Waals surface area contributed by atoms with Gasteiger partial charge >= 0.3 is 0 Å². The van der Waals surface area contributed by atoms with Crippen molar-refractivity contribution < 1.29 is 9.53 Å². The molecule has 0 saturated carbocycles. The minimum absolute atomic E-state index is 0.153. The number of carbonyl (C=O) groups excluding carboxylic acids is 1. The van der Waals surface area contributed by atoms with E-state index in [0.29, 0.717) is 5.92 Å². The van der Waals surface area contributed by atoms with Crippen LogP contribution in [0.1, 0.15) is 43.9 Å². The minimum atomic E-state index is -0.187. The first-order valence-corrected chi connectivity index (χ1v) is 6.23. The molecule has 0 aliphatic rings. The van der Waals surface area contributed by atoms with E-state index >= 15 is 0 Å². The molecule has 1 atom stereocenters. The fourth-order valence-electron chi connectivity index (χ4n) is 2.27. The molecule has 0 bridgehead atoms. The predicted octanol–water partition coefficient (Wildman–Crippen LogP) is 3.01. The number of benzene rings is 1. The van der Waals surface area contributed by atoms with Crippen LogP contribution in [0.3, 0.4) is 0 Å². The van der Waals surface area contributed by atoms with Gasteiger partial charge in [0.05, 0.1) is 13.2 Å². The summed E-state index contributed by atoms with van der Waals surface area (Å²) in [5.74, 6) is 1.41. The quantitative estimate of drug-likeness (QED) is 0.803. The molecule has 0 aliphatic heterocycles. The molecule has 0 radical (unpaired) electrons. The second-order valence-electron chi connectivity index (χ2n) is 5.13. The van der Waals surface area contributed by atoms with E-state index in [1.165, 1.54) is 0 Å². The van der Waals surface area contributed by atoms with Gasteiger partial charge in [0, 0.05) is 0 Å². The smallest absolute Gasteiger partial charge is 0.151 e. The third-order valence-electron chi connectivity index (χ3n) is 3.09. The van der Waals surface area contributed by atoms with Gasteiger partial charge in [-0.15, -0.1) is 0 Å². The molecule has 0 aromatic heterocycles. The summed E-state index contributed by atoms with van der Waals surface area (Å²) in [6.07, 6.45) is 0. The summed E-state index contributed by atoms with van der Waals surface area (Å²) in [4.78, 5) is 13.7. The van der Waals surface area contributed by atoms with E-state index in [9.17, 15) is 4.79 Å². The summed E-state index contributed by atoms with van der Waals surface area (Å²) < 4.78 is 5.36. The molecule has 0 aliphatic carbocycles. The fourth-order valence-corrected chi connectivity index (χ4v) is 2.27. The van der Waals surface area contributed by atoms with Crippen LogP contribution < -0.4 is 4.74 Å². The molecule has 1 rings (SSSR count). The highest BCUT2D eigenvalue weighted by Crippen LogP contribution is 2.30. The van der Waals surface area contributed by atoms with Gasteiger partial charge in [-0.05, 0) is 50.2 Å². The van der Waals surface area contributed by atoms with E-state index in [4.69, 9.17) is 4.74 Å². The lowest BCUT2D eigenvalue weighted by atomic mass is 9.95. The zero-order valence-corrected chi connectivity index (χ0v) is 12.2. The number of carbonyl (C=O) groups is 1. The third kappa shape index (κ3) is 3.10. The van der Waals surface area contributed by atoms with Crippen molar-refractivity contribution in [2.45, 2.75) is 32.7 Å². The standard InChI is InChI=1S/C15H23NO2/c1-10(2)13-9-12(7-8-14(13)18-6)15(11(3)17)16(4)5/h7-10,15H,1-6H3. The van der Waals surface area contributed by atoms with Crippen molar-refractivity contribution in [3.05, 3.63) is 29.3 Å². The highest BCUT2D eigenvalue weighted by atomic mass is 16.5. The Hall–Kier alpha value is -1.35. The number of ether oxygens (including phenoxy) is 1. The first-order chi connectivity index (χ1) is 8.38. The zero-order chi connectivity index (χ0) is 13.9. The molecule has 100 valence electrons. The molecule has 0 fully saturated rings. The van der Waals surface area contributed by atoms with Gasteiger partial charge in [0.15, 0.2) is 5.78 Å². The molecular weight excluding hydrogens is 226 g/mol. The van der Waals surface area contributed by atoms with E-state index in [1.54, 1.807) is 14.0 Å². The van der Waals surface area contributed by atoms with Crippen molar-refractivity contribution in [1.82, 2.24) is 4.90 Å². The Morgan fingerprint density at radius 3 is 2.28 bits per heavy atom. The number of hydrogen-bond acceptors (Lipinski definition) is 3. The van der Waals surface area contributed by atoms with Gasteiger partial charge in [0.1, 0.15) is 5.75 Å². The van der Waals surface area contributed by atoms with Crippen LogP contribution in [0.25, 0.3) is 0 Å². The van der Waals surface area contributed by atoms with Crippen LogP contribution in [-0.4, -0.2) is 31.9 Å². The molecular formula is C15H23NO2. The van der Waals surface area contributed by atoms with Crippen LogP contribution in [0.5, 0.6) is 5.75 Å². The largest absolute Gasteiger partial charge is 0.496 e. The van der Waals surface area contributed by atoms with Crippen LogP contribution in [0, 0.1) is 0 Å². The number of methoxy groups -OCH3 is 1. The summed E-state index contributed by atoms with van der Waals surface area (Å²) in [5.41, 5.74) is 2.17. The van der Waals surface area contributed by atoms with E-state index < -0.39 is 0 Å². The summed E-state index contributed by atoms with van der Waals surface area (Å²) in [6, 6.07) is 5.81. The van der Waals surface area contributed by atoms with Crippen molar-refractivity contribution in [3.8, 4) is 5.75 Å². The van der Waals surface area contributed by atoms with Gasteiger partial charge in [-0.1, -0.05) is 19.9 Å². The van der Waals surface area contributed by atoms with Gasteiger partial charge in [0.2, 0.25) is 0 Å². The second-order valence-corrected chi connectivity index (χ2v) is 5.13. The molecule has 0 amide bonds. The summed E-state index contributed by atoms with van der Waals surface area (Å²) in [7, 11) is 5.52. The maximum Gasteiger partial charge on any atom is 0.151 e. The van der Waals surface area contributed by atoms with Crippen molar-refractivity contribution in [3.63, 3.8) is 0 Å². The predicted molar refractivity (Wildman–Crippen MR) is 74.2 cm³/mol. The first-order valence-electron chi connectivity index (χ1n) is 6.23. The third-order valence-corrected chi connectivity index (χ3v) is 3.09. The lowest BCUT2D eigenvalue weighted by Gasteiger charge is -2.23. The lowest BCUT2D eigenvalue weighted by Crippen LogP contribution is -2.26. The van der Waals surface area contributed by atoms with Crippen LogP contribution >= 0.6 is 0 Å². The minimum Gasteiger partial charge on any atom is -0.496 e. The maximum absolute atomic E-state index is 11.7. The molecule has 0 heterocycles. The highest BCUT2D eigenvalue weighted by molar-refractivity contribution is 5.83. The number of rotatable bonds is 5. The van der Waals surface area contributed by atoms with Gasteiger partial charge < -0.3 is 4.74 Å². The number of ketones is 1. The van der Waals surface area contributed by atoms with E-state index in [2.05, 4.69) is 19.9 Å². The normalized spacial score (nSPS) is 12.9. The van der Waals surface area contributed by atoms with Crippen molar-refractivity contribution in [1.29, 1.82) is 0 Å². The lowest BCUT2D eigenvalue weighted by molar-refractivity contribution is -0.121. The van der Waals surface area contributed by atoms with Crippen molar-refractivity contribution >= 4 is 5.78 Å². The molecule has 0 N–H and O–H groups in total. The van der Waals surface area contributed by atoms with E-state index in [0.717, 1.165) is 16.9 Å². The maximum atomic E-state index is 11.7. The molecule has 0 saturated heterocycles. The monoisotopic (exact) mass is 249 g/mol. The van der Waals surface area contributed by atoms with Gasteiger partial charge in [-0.25, -0.2) is 0 Å². The molecule has 1 unspecified atom stereocenters. The Balaban J connectivity index is 3.25. The number of likely N-dealkylation sites (N-methyl/N-ethyl adjacent to an activating group) is 1. The topological polar surface area (TPSA) is 29.5 Å². The van der Waals surface area contributed by atoms with Crippen molar-refractivity contribution in [2.75, 3.05) is 21.2 Å². The van der Waals surface area contributed by atoms with Gasteiger partial charge in [0.25, 0.3) is 0 Å². The molecule has 3 nitrogen and oxygen atoms in total. The Morgan fingerprint density at radius 2 is 1.89 bits per heavy atom. The second kappa shape index (κ2) is 6.01. The molecule has 1 aromatic carbocycles. The molecule has 0 spiro atoms. The number of hydrogen-bond donors (Lipinski definition) is 0. The van der Waals surface area contributed by atoms with Crippen molar-refractivity contribution in [2.24, 2.45) is 0 Å². The highest BCUT2D eigenvalue weighted by Gasteiger charge is 2.20.